The molecular formula is C22H23N6S+. The van der Waals surface area contributed by atoms with E-state index in [1.54, 1.807) is 12.4 Å². The second kappa shape index (κ2) is 7.77. The Balaban J connectivity index is 1.42. The second-order valence-corrected chi connectivity index (χ2v) is 7.68. The predicted molar refractivity (Wildman–Crippen MR) is 117 cm³/mol. The lowest BCUT2D eigenvalue weighted by Crippen LogP contribution is -3.14. The molecule has 3 heterocycles. The molecule has 0 aliphatic carbocycles. The highest BCUT2D eigenvalue weighted by atomic mass is 32.1. The lowest BCUT2D eigenvalue weighted by Gasteiger charge is -2.32. The van der Waals surface area contributed by atoms with Gasteiger partial charge in [-0.25, -0.2) is 9.97 Å². The first-order valence-corrected chi connectivity index (χ1v) is 10.3. The van der Waals surface area contributed by atoms with Gasteiger partial charge in [0, 0.05) is 18.1 Å². The standard InChI is InChI=1S/C22H22N6S/c29-22-27(17-25-13-15-26(16-14-25)21-23-11-6-12-24-21)19-9-4-5-10-20(19)28(22)18-7-2-1-3-8-18/h1-12H,13-17H2/p+1. The topological polar surface area (TPSA) is 43.3 Å². The van der Waals surface area contributed by atoms with Gasteiger partial charge in [0.1, 0.15) is 0 Å². The van der Waals surface area contributed by atoms with Gasteiger partial charge in [-0.1, -0.05) is 30.3 Å². The van der Waals surface area contributed by atoms with Crippen LogP contribution in [0.5, 0.6) is 0 Å². The summed E-state index contributed by atoms with van der Waals surface area (Å²) in [7, 11) is 0. The number of aromatic nitrogens is 4. The Morgan fingerprint density at radius 3 is 2.21 bits per heavy atom. The number of quaternary nitrogens is 1. The molecule has 0 bridgehead atoms. The Morgan fingerprint density at radius 1 is 0.828 bits per heavy atom. The largest absolute Gasteiger partial charge is 0.330 e. The summed E-state index contributed by atoms with van der Waals surface area (Å²) in [6.07, 6.45) is 3.61. The lowest BCUT2D eigenvalue weighted by molar-refractivity contribution is -0.923. The lowest BCUT2D eigenvalue weighted by atomic mass is 10.3. The summed E-state index contributed by atoms with van der Waals surface area (Å²) in [6.45, 7) is 4.83. The molecule has 1 fully saturated rings. The summed E-state index contributed by atoms with van der Waals surface area (Å²) < 4.78 is 5.30. The van der Waals surface area contributed by atoms with Crippen LogP contribution < -0.4 is 9.80 Å². The van der Waals surface area contributed by atoms with Crippen molar-refractivity contribution in [2.75, 3.05) is 31.1 Å². The Labute approximate surface area is 174 Å². The molecular weight excluding hydrogens is 380 g/mol. The van der Waals surface area contributed by atoms with E-state index in [2.05, 4.69) is 72.5 Å². The van der Waals surface area contributed by atoms with Gasteiger partial charge in [0.15, 0.2) is 11.4 Å². The highest BCUT2D eigenvalue weighted by molar-refractivity contribution is 7.71. The molecule has 1 saturated heterocycles. The van der Waals surface area contributed by atoms with Crippen molar-refractivity contribution in [1.29, 1.82) is 0 Å². The number of hydrogen-bond acceptors (Lipinski definition) is 4. The van der Waals surface area contributed by atoms with Crippen molar-refractivity contribution in [3.8, 4) is 5.69 Å². The van der Waals surface area contributed by atoms with Crippen molar-refractivity contribution in [1.82, 2.24) is 19.1 Å². The van der Waals surface area contributed by atoms with Crippen molar-refractivity contribution in [2.24, 2.45) is 0 Å². The summed E-state index contributed by atoms with van der Waals surface area (Å²) in [5.41, 5.74) is 3.44. The van der Waals surface area contributed by atoms with E-state index in [0.29, 0.717) is 0 Å². The SMILES string of the molecule is S=c1n(C[NH+]2CCN(c3ncccn3)CC2)c2ccccc2n1-c1ccccc1. The molecule has 0 saturated carbocycles. The summed E-state index contributed by atoms with van der Waals surface area (Å²) in [5, 5.41) is 0. The molecule has 146 valence electrons. The number of hydrogen-bond donors (Lipinski definition) is 1. The number of rotatable bonds is 4. The minimum Gasteiger partial charge on any atom is -0.330 e. The Kier molecular flexibility index (Phi) is 4.83. The molecule has 1 aliphatic heterocycles. The average Bonchev–Trinajstić information content (AvgIpc) is 3.07. The number of piperazine rings is 1. The van der Waals surface area contributed by atoms with Crippen LogP contribution in [0.4, 0.5) is 5.95 Å². The van der Waals surface area contributed by atoms with Gasteiger partial charge in [-0.3, -0.25) is 9.13 Å². The van der Waals surface area contributed by atoms with E-state index in [9.17, 15) is 0 Å². The summed E-state index contributed by atoms with van der Waals surface area (Å²) in [5.74, 6) is 0.823. The van der Waals surface area contributed by atoms with E-state index in [1.807, 2.05) is 12.1 Å². The second-order valence-electron chi connectivity index (χ2n) is 7.31. The van der Waals surface area contributed by atoms with Crippen molar-refractivity contribution in [3.05, 3.63) is 77.8 Å². The first kappa shape index (κ1) is 18.0. The Hall–Kier alpha value is -3.03. The third-order valence-corrected chi connectivity index (χ3v) is 5.94. The van der Waals surface area contributed by atoms with Crippen molar-refractivity contribution >= 4 is 29.2 Å². The van der Waals surface area contributed by atoms with Crippen LogP contribution in [0, 0.1) is 4.77 Å². The molecule has 4 aromatic rings. The number of benzene rings is 2. The first-order valence-electron chi connectivity index (χ1n) is 9.92. The Morgan fingerprint density at radius 2 is 1.48 bits per heavy atom. The van der Waals surface area contributed by atoms with Crippen molar-refractivity contribution in [3.63, 3.8) is 0 Å². The van der Waals surface area contributed by atoms with E-state index in [-0.39, 0.29) is 0 Å². The molecule has 0 radical (unpaired) electrons. The molecule has 7 heteroatoms. The van der Waals surface area contributed by atoms with Crippen molar-refractivity contribution in [2.45, 2.75) is 6.67 Å². The molecule has 1 N–H and O–H groups in total. The smallest absolute Gasteiger partial charge is 0.225 e. The molecule has 0 spiro atoms. The van der Waals surface area contributed by atoms with Crippen LogP contribution in [0.15, 0.2) is 73.1 Å². The van der Waals surface area contributed by atoms with E-state index in [4.69, 9.17) is 12.2 Å². The van der Waals surface area contributed by atoms with Gasteiger partial charge in [-0.05, 0) is 42.5 Å². The van der Waals surface area contributed by atoms with E-state index < -0.39 is 0 Å². The number of imidazole rings is 1. The fourth-order valence-electron chi connectivity index (χ4n) is 4.05. The van der Waals surface area contributed by atoms with Gasteiger partial charge in [0.05, 0.1) is 37.2 Å². The average molecular weight is 404 g/mol. The van der Waals surface area contributed by atoms with Crippen LogP contribution >= 0.6 is 12.2 Å². The number of anilines is 1. The third kappa shape index (κ3) is 3.43. The van der Waals surface area contributed by atoms with Crippen LogP contribution in [0.1, 0.15) is 0 Å². The quantitative estimate of drug-likeness (QED) is 0.531. The van der Waals surface area contributed by atoms with Crippen LogP contribution in [-0.4, -0.2) is 45.3 Å². The molecule has 0 amide bonds. The summed E-state index contributed by atoms with van der Waals surface area (Å²) >= 11 is 5.93. The molecule has 29 heavy (non-hydrogen) atoms. The summed E-state index contributed by atoms with van der Waals surface area (Å²) in [6, 6.07) is 20.7. The minimum absolute atomic E-state index is 0.823. The van der Waals surface area contributed by atoms with Crippen molar-refractivity contribution < 1.29 is 4.90 Å². The normalized spacial score (nSPS) is 15.1. The Bertz CT molecular complexity index is 1160. The molecule has 1 aliphatic rings. The van der Waals surface area contributed by atoms with E-state index in [1.165, 1.54) is 10.4 Å². The molecule has 6 nitrogen and oxygen atoms in total. The highest BCUT2D eigenvalue weighted by Gasteiger charge is 2.23. The van der Waals surface area contributed by atoms with Crippen LogP contribution in [0.2, 0.25) is 0 Å². The maximum absolute atomic E-state index is 5.93. The number of nitrogens with zero attached hydrogens (tertiary/aromatic N) is 5. The molecule has 0 atom stereocenters. The van der Waals surface area contributed by atoms with E-state index >= 15 is 0 Å². The molecule has 2 aromatic carbocycles. The van der Waals surface area contributed by atoms with Gasteiger partial charge in [-0.2, -0.15) is 0 Å². The first-order chi connectivity index (χ1) is 14.3. The minimum atomic E-state index is 0.823. The zero-order valence-corrected chi connectivity index (χ0v) is 16.9. The molecule has 5 rings (SSSR count). The van der Waals surface area contributed by atoms with E-state index in [0.717, 1.165) is 54.8 Å². The summed E-state index contributed by atoms with van der Waals surface area (Å²) in [4.78, 5) is 12.5. The molecule has 2 aromatic heterocycles. The number of nitrogens with one attached hydrogen (secondary N) is 1. The number of fused-ring (bicyclic) bond motifs is 1. The van der Waals surface area contributed by atoms with Gasteiger partial charge in [0.2, 0.25) is 5.95 Å². The molecule has 0 unspecified atom stereocenters. The van der Waals surface area contributed by atoms with Crippen LogP contribution in [-0.2, 0) is 6.67 Å². The van der Waals surface area contributed by atoms with Crippen LogP contribution in [0.25, 0.3) is 16.7 Å². The van der Waals surface area contributed by atoms with Gasteiger partial charge in [0.25, 0.3) is 0 Å². The van der Waals surface area contributed by atoms with Gasteiger partial charge >= 0.3 is 0 Å². The monoisotopic (exact) mass is 403 g/mol. The van der Waals surface area contributed by atoms with Gasteiger partial charge in [-0.15, -0.1) is 0 Å². The zero-order chi connectivity index (χ0) is 19.6. The fraction of sp³-hybridized carbons (Fsp3) is 0.227. The third-order valence-electron chi connectivity index (χ3n) is 5.54. The maximum atomic E-state index is 5.93. The zero-order valence-electron chi connectivity index (χ0n) is 16.1. The fourth-order valence-corrected chi connectivity index (χ4v) is 4.41. The number of para-hydroxylation sites is 3. The van der Waals surface area contributed by atoms with Crippen LogP contribution in [0.3, 0.4) is 0 Å². The van der Waals surface area contributed by atoms with Gasteiger partial charge < -0.3 is 9.80 Å². The predicted octanol–water partition coefficient (Wildman–Crippen LogP) is 2.31. The maximum Gasteiger partial charge on any atom is 0.225 e. The highest BCUT2D eigenvalue weighted by Crippen LogP contribution is 2.21.